The Kier molecular flexibility index (Phi) is 4.66. The molecule has 100 valence electrons. The smallest absolute Gasteiger partial charge is 0.133 e. The number of rotatable bonds is 4. The predicted octanol–water partition coefficient (Wildman–Crippen LogP) is 2.60. The quantitative estimate of drug-likeness (QED) is 0.825. The summed E-state index contributed by atoms with van der Waals surface area (Å²) in [5.74, 6) is 0.754. The van der Waals surface area contributed by atoms with E-state index in [-0.39, 0.29) is 0 Å². The number of pyridine rings is 1. The largest absolute Gasteiger partial charge is 0.399 e. The van der Waals surface area contributed by atoms with Crippen LogP contribution >= 0.6 is 11.6 Å². The van der Waals surface area contributed by atoms with Gasteiger partial charge in [0.05, 0.1) is 0 Å². The zero-order chi connectivity index (χ0) is 13.0. The van der Waals surface area contributed by atoms with Gasteiger partial charge in [-0.15, -0.1) is 0 Å². The number of halogens is 1. The van der Waals surface area contributed by atoms with Crippen LogP contribution in [0.2, 0.25) is 5.15 Å². The minimum absolute atomic E-state index is 0.341. The molecule has 1 aromatic heterocycles. The third-order valence-electron chi connectivity index (χ3n) is 3.19. The molecule has 0 aliphatic carbocycles. The molecule has 18 heavy (non-hydrogen) atoms. The SMILES string of the molecule is CC(CN1CCCCC1)Nc1cc(N)cc(Cl)n1. The van der Waals surface area contributed by atoms with Crippen LogP contribution in [0.25, 0.3) is 0 Å². The van der Waals surface area contributed by atoms with Gasteiger partial charge in [0, 0.05) is 24.3 Å². The normalized spacial score (nSPS) is 18.6. The van der Waals surface area contributed by atoms with Crippen LogP contribution in [-0.4, -0.2) is 35.6 Å². The van der Waals surface area contributed by atoms with Crippen molar-refractivity contribution in [3.05, 3.63) is 17.3 Å². The number of nitrogens with zero attached hydrogens (tertiary/aromatic N) is 2. The average Bonchev–Trinajstić information content (AvgIpc) is 2.28. The lowest BCUT2D eigenvalue weighted by Gasteiger charge is -2.29. The molecule has 0 amide bonds. The summed E-state index contributed by atoms with van der Waals surface area (Å²) in [6.07, 6.45) is 3.99. The van der Waals surface area contributed by atoms with Crippen molar-refractivity contribution in [1.29, 1.82) is 0 Å². The summed E-state index contributed by atoms with van der Waals surface area (Å²) in [5, 5.41) is 3.79. The van der Waals surface area contributed by atoms with Gasteiger partial charge >= 0.3 is 0 Å². The highest BCUT2D eigenvalue weighted by Crippen LogP contribution is 2.17. The summed E-state index contributed by atoms with van der Waals surface area (Å²) in [6, 6.07) is 3.81. The van der Waals surface area contributed by atoms with E-state index in [0.29, 0.717) is 16.9 Å². The first-order valence-electron chi connectivity index (χ1n) is 6.55. The van der Waals surface area contributed by atoms with E-state index in [4.69, 9.17) is 17.3 Å². The van der Waals surface area contributed by atoms with Crippen molar-refractivity contribution in [2.24, 2.45) is 0 Å². The van der Waals surface area contributed by atoms with Crippen molar-refractivity contribution >= 4 is 23.1 Å². The van der Waals surface area contributed by atoms with Crippen molar-refractivity contribution in [2.45, 2.75) is 32.2 Å². The molecule has 1 fully saturated rings. The Bertz CT molecular complexity index is 370. The lowest BCUT2D eigenvalue weighted by Crippen LogP contribution is -2.38. The fraction of sp³-hybridized carbons (Fsp3) is 0.615. The lowest BCUT2D eigenvalue weighted by atomic mass is 10.1. The van der Waals surface area contributed by atoms with E-state index in [2.05, 4.69) is 22.1 Å². The molecule has 2 rings (SSSR count). The summed E-state index contributed by atoms with van der Waals surface area (Å²) in [5.41, 5.74) is 6.39. The Morgan fingerprint density at radius 3 is 2.78 bits per heavy atom. The fourth-order valence-electron chi connectivity index (χ4n) is 2.42. The molecule has 0 saturated carbocycles. The molecular formula is C13H21ClN4. The number of nitrogen functional groups attached to an aromatic ring is 1. The molecule has 1 aliphatic rings. The molecule has 0 aromatic carbocycles. The van der Waals surface area contributed by atoms with Crippen LogP contribution in [0.4, 0.5) is 11.5 Å². The van der Waals surface area contributed by atoms with Crippen molar-refractivity contribution < 1.29 is 0 Å². The van der Waals surface area contributed by atoms with Crippen molar-refractivity contribution in [1.82, 2.24) is 9.88 Å². The van der Waals surface area contributed by atoms with Gasteiger partial charge in [-0.3, -0.25) is 0 Å². The average molecular weight is 269 g/mol. The predicted molar refractivity (Wildman–Crippen MR) is 77.0 cm³/mol. The van der Waals surface area contributed by atoms with E-state index in [1.165, 1.54) is 32.4 Å². The first-order chi connectivity index (χ1) is 8.63. The molecule has 1 atom stereocenters. The maximum Gasteiger partial charge on any atom is 0.133 e. The highest BCUT2D eigenvalue weighted by atomic mass is 35.5. The summed E-state index contributed by atoms with van der Waals surface area (Å²) in [4.78, 5) is 6.72. The number of hydrogen-bond acceptors (Lipinski definition) is 4. The Morgan fingerprint density at radius 1 is 1.39 bits per heavy atom. The van der Waals surface area contributed by atoms with Crippen LogP contribution in [0.1, 0.15) is 26.2 Å². The van der Waals surface area contributed by atoms with Crippen LogP contribution in [-0.2, 0) is 0 Å². The Labute approximate surface area is 114 Å². The summed E-state index contributed by atoms with van der Waals surface area (Å²) in [7, 11) is 0. The zero-order valence-electron chi connectivity index (χ0n) is 10.8. The van der Waals surface area contributed by atoms with Crippen LogP contribution in [0, 0.1) is 0 Å². The molecule has 1 saturated heterocycles. The number of anilines is 2. The highest BCUT2D eigenvalue weighted by molar-refractivity contribution is 6.29. The molecule has 0 spiro atoms. The van der Waals surface area contributed by atoms with Gasteiger partial charge in [0.1, 0.15) is 11.0 Å². The lowest BCUT2D eigenvalue weighted by molar-refractivity contribution is 0.223. The number of likely N-dealkylation sites (tertiary alicyclic amines) is 1. The first-order valence-corrected chi connectivity index (χ1v) is 6.93. The highest BCUT2D eigenvalue weighted by Gasteiger charge is 2.13. The molecule has 0 bridgehead atoms. The Balaban J connectivity index is 1.87. The molecule has 5 heteroatoms. The number of aromatic nitrogens is 1. The number of piperidine rings is 1. The third kappa shape index (κ3) is 4.03. The van der Waals surface area contributed by atoms with Gasteiger partial charge in [0.25, 0.3) is 0 Å². The van der Waals surface area contributed by atoms with Crippen LogP contribution < -0.4 is 11.1 Å². The van der Waals surface area contributed by atoms with E-state index in [0.717, 1.165) is 12.4 Å². The summed E-state index contributed by atoms with van der Waals surface area (Å²) < 4.78 is 0. The molecule has 3 N–H and O–H groups in total. The molecule has 0 radical (unpaired) electrons. The topological polar surface area (TPSA) is 54.2 Å². The second-order valence-electron chi connectivity index (χ2n) is 5.02. The molecular weight excluding hydrogens is 248 g/mol. The van der Waals surface area contributed by atoms with Crippen molar-refractivity contribution in [3.63, 3.8) is 0 Å². The van der Waals surface area contributed by atoms with E-state index >= 15 is 0 Å². The van der Waals surface area contributed by atoms with Crippen molar-refractivity contribution in [3.8, 4) is 0 Å². The number of nitrogens with one attached hydrogen (secondary N) is 1. The fourth-order valence-corrected chi connectivity index (χ4v) is 2.64. The number of nitrogens with two attached hydrogens (primary N) is 1. The third-order valence-corrected chi connectivity index (χ3v) is 3.39. The van der Waals surface area contributed by atoms with E-state index in [1.807, 2.05) is 6.07 Å². The molecule has 2 heterocycles. The minimum Gasteiger partial charge on any atom is -0.399 e. The molecule has 1 unspecified atom stereocenters. The molecule has 1 aromatic rings. The molecule has 4 nitrogen and oxygen atoms in total. The second kappa shape index (κ2) is 6.25. The van der Waals surface area contributed by atoms with Crippen LogP contribution in [0.5, 0.6) is 0 Å². The maximum absolute atomic E-state index is 5.88. The summed E-state index contributed by atoms with van der Waals surface area (Å²) >= 11 is 5.88. The van der Waals surface area contributed by atoms with E-state index in [9.17, 15) is 0 Å². The Morgan fingerprint density at radius 2 is 2.11 bits per heavy atom. The minimum atomic E-state index is 0.341. The monoisotopic (exact) mass is 268 g/mol. The van der Waals surface area contributed by atoms with Gasteiger partial charge in [-0.2, -0.15) is 0 Å². The standard InChI is InChI=1S/C13H21ClN4/c1-10(9-18-5-3-2-4-6-18)16-13-8-11(15)7-12(14)17-13/h7-8,10H,2-6,9H2,1H3,(H3,15,16,17). The van der Waals surface area contributed by atoms with Gasteiger partial charge in [-0.25, -0.2) is 4.98 Å². The number of hydrogen-bond donors (Lipinski definition) is 2. The first kappa shape index (κ1) is 13.4. The van der Waals surface area contributed by atoms with Gasteiger partial charge < -0.3 is 16.0 Å². The van der Waals surface area contributed by atoms with Crippen molar-refractivity contribution in [2.75, 3.05) is 30.7 Å². The second-order valence-corrected chi connectivity index (χ2v) is 5.40. The van der Waals surface area contributed by atoms with E-state index < -0.39 is 0 Å². The van der Waals surface area contributed by atoms with Gasteiger partial charge in [-0.1, -0.05) is 18.0 Å². The molecule has 1 aliphatic heterocycles. The summed E-state index contributed by atoms with van der Waals surface area (Å²) in [6.45, 7) is 5.61. The van der Waals surface area contributed by atoms with E-state index in [1.54, 1.807) is 6.07 Å². The van der Waals surface area contributed by atoms with Crippen LogP contribution in [0.3, 0.4) is 0 Å². The van der Waals surface area contributed by atoms with Gasteiger partial charge in [0.15, 0.2) is 0 Å². The Hall–Kier alpha value is -1.00. The zero-order valence-corrected chi connectivity index (χ0v) is 11.6. The van der Waals surface area contributed by atoms with Gasteiger partial charge in [-0.05, 0) is 38.9 Å². The van der Waals surface area contributed by atoms with Gasteiger partial charge in [0.2, 0.25) is 0 Å². The maximum atomic E-state index is 5.88. The van der Waals surface area contributed by atoms with Crippen LogP contribution in [0.15, 0.2) is 12.1 Å².